The zero-order valence-electron chi connectivity index (χ0n) is 16.2. The van der Waals surface area contributed by atoms with Gasteiger partial charge in [0, 0.05) is 28.5 Å². The summed E-state index contributed by atoms with van der Waals surface area (Å²) in [7, 11) is 0. The number of nitrogens with one attached hydrogen (secondary N) is 1. The molecule has 1 amide bonds. The quantitative estimate of drug-likeness (QED) is 0.549. The number of pyridine rings is 1. The Hall–Kier alpha value is -3.19. The highest BCUT2D eigenvalue weighted by molar-refractivity contribution is 9.10. The van der Waals surface area contributed by atoms with Crippen LogP contribution in [0, 0.1) is 0 Å². The van der Waals surface area contributed by atoms with Crippen molar-refractivity contribution in [2.45, 2.75) is 18.8 Å². The van der Waals surface area contributed by atoms with E-state index in [2.05, 4.69) is 26.2 Å². The van der Waals surface area contributed by atoms with Crippen LogP contribution in [0.2, 0.25) is 0 Å². The second-order valence-corrected chi connectivity index (χ2v) is 7.92. The van der Waals surface area contributed by atoms with Crippen molar-refractivity contribution >= 4 is 33.5 Å². The van der Waals surface area contributed by atoms with Crippen molar-refractivity contribution in [2.24, 2.45) is 0 Å². The van der Waals surface area contributed by atoms with Crippen molar-refractivity contribution in [1.29, 1.82) is 0 Å². The third-order valence-corrected chi connectivity index (χ3v) is 5.73. The first-order valence-electron chi connectivity index (χ1n) is 9.47. The summed E-state index contributed by atoms with van der Waals surface area (Å²) < 4.78 is 5.90. The zero-order chi connectivity index (χ0) is 21.3. The number of nitrogens with zero attached hydrogens (tertiary/aromatic N) is 1. The maximum Gasteiger partial charge on any atom is 0.341 e. The van der Waals surface area contributed by atoms with Crippen molar-refractivity contribution < 1.29 is 19.4 Å². The van der Waals surface area contributed by atoms with Crippen LogP contribution >= 0.6 is 15.9 Å². The molecule has 152 valence electrons. The highest BCUT2D eigenvalue weighted by atomic mass is 79.9. The number of hydrogen-bond acceptors (Lipinski definition) is 5. The number of rotatable bonds is 5. The molecule has 1 aliphatic rings. The van der Waals surface area contributed by atoms with Gasteiger partial charge < -0.3 is 15.2 Å². The van der Waals surface area contributed by atoms with Gasteiger partial charge in [-0.05, 0) is 60.5 Å². The van der Waals surface area contributed by atoms with Gasteiger partial charge in [-0.25, -0.2) is 4.79 Å². The molecule has 0 fully saturated rings. The van der Waals surface area contributed by atoms with E-state index in [1.54, 1.807) is 19.2 Å². The van der Waals surface area contributed by atoms with Crippen molar-refractivity contribution in [1.82, 2.24) is 4.98 Å². The van der Waals surface area contributed by atoms with Crippen molar-refractivity contribution in [2.75, 3.05) is 11.9 Å². The molecule has 1 unspecified atom stereocenters. The van der Waals surface area contributed by atoms with Gasteiger partial charge in [0.15, 0.2) is 0 Å². The van der Waals surface area contributed by atoms with Gasteiger partial charge in [-0.1, -0.05) is 28.1 Å². The molecule has 4 rings (SSSR count). The fourth-order valence-electron chi connectivity index (χ4n) is 3.84. The number of benzene rings is 2. The van der Waals surface area contributed by atoms with Gasteiger partial charge in [-0.15, -0.1) is 0 Å². The third kappa shape index (κ3) is 3.35. The SMILES string of the molecule is CCOC(=O)c1cc(C2(Cc3ccccn3)C(=O)Nc3ccc(Br)cc32)ccc1O. The van der Waals surface area contributed by atoms with E-state index in [-0.39, 0.29) is 30.2 Å². The lowest BCUT2D eigenvalue weighted by molar-refractivity contribution is -0.119. The first-order valence-corrected chi connectivity index (χ1v) is 10.3. The Kier molecular flexibility index (Phi) is 5.30. The summed E-state index contributed by atoms with van der Waals surface area (Å²) in [6, 6.07) is 15.7. The van der Waals surface area contributed by atoms with E-state index in [1.165, 1.54) is 12.1 Å². The third-order valence-electron chi connectivity index (χ3n) is 5.23. The van der Waals surface area contributed by atoms with Crippen LogP contribution in [-0.2, 0) is 21.4 Å². The van der Waals surface area contributed by atoms with E-state index >= 15 is 0 Å². The van der Waals surface area contributed by atoms with Gasteiger partial charge in [0.2, 0.25) is 5.91 Å². The predicted octanol–water partition coefficient (Wildman–Crippen LogP) is 4.21. The lowest BCUT2D eigenvalue weighted by atomic mass is 9.71. The zero-order valence-corrected chi connectivity index (χ0v) is 17.8. The molecule has 2 heterocycles. The van der Waals surface area contributed by atoms with Gasteiger partial charge in [0.05, 0.1) is 6.61 Å². The molecule has 0 spiro atoms. The number of esters is 1. The smallest absolute Gasteiger partial charge is 0.341 e. The summed E-state index contributed by atoms with van der Waals surface area (Å²) in [4.78, 5) is 30.2. The molecule has 0 saturated heterocycles. The second kappa shape index (κ2) is 7.91. The summed E-state index contributed by atoms with van der Waals surface area (Å²) in [5, 5.41) is 13.2. The number of fused-ring (bicyclic) bond motifs is 1. The number of hydrogen-bond donors (Lipinski definition) is 2. The highest BCUT2D eigenvalue weighted by Crippen LogP contribution is 2.46. The Morgan fingerprint density at radius 3 is 2.77 bits per heavy atom. The van der Waals surface area contributed by atoms with Gasteiger partial charge in [0.1, 0.15) is 16.7 Å². The number of anilines is 1. The van der Waals surface area contributed by atoms with Gasteiger partial charge >= 0.3 is 5.97 Å². The summed E-state index contributed by atoms with van der Waals surface area (Å²) in [6.07, 6.45) is 1.97. The number of carbonyl (C=O) groups is 2. The van der Waals surface area contributed by atoms with E-state index in [9.17, 15) is 14.7 Å². The first kappa shape index (κ1) is 20.1. The molecule has 1 aliphatic heterocycles. The lowest BCUT2D eigenvalue weighted by Crippen LogP contribution is -2.38. The van der Waals surface area contributed by atoms with Crippen molar-refractivity contribution in [3.8, 4) is 5.75 Å². The van der Waals surface area contributed by atoms with Crippen LogP contribution in [0.15, 0.2) is 65.3 Å². The molecule has 1 atom stereocenters. The normalized spacial score (nSPS) is 17.3. The topological polar surface area (TPSA) is 88.5 Å². The Balaban J connectivity index is 1.95. The fourth-order valence-corrected chi connectivity index (χ4v) is 4.20. The highest BCUT2D eigenvalue weighted by Gasteiger charge is 2.49. The van der Waals surface area contributed by atoms with Crippen LogP contribution in [-0.4, -0.2) is 28.6 Å². The molecule has 7 heteroatoms. The number of carbonyl (C=O) groups excluding carboxylic acids is 2. The molecule has 0 bridgehead atoms. The maximum atomic E-state index is 13.4. The molecular formula is C23H19BrN2O4. The summed E-state index contributed by atoms with van der Waals surface area (Å²) >= 11 is 3.50. The molecule has 30 heavy (non-hydrogen) atoms. The molecule has 2 aromatic carbocycles. The monoisotopic (exact) mass is 466 g/mol. The summed E-state index contributed by atoms with van der Waals surface area (Å²) in [6.45, 7) is 1.87. The molecule has 2 N–H and O–H groups in total. The standard InChI is InChI=1S/C23H19BrN2O4/c1-2-30-21(28)17-11-14(6-9-20(17)27)23(13-16-5-3-4-10-25-16)18-12-15(24)7-8-19(18)26-22(23)29/h3-12,27H,2,13H2,1H3,(H,26,29). The largest absolute Gasteiger partial charge is 0.507 e. The second-order valence-electron chi connectivity index (χ2n) is 7.00. The van der Waals surface area contributed by atoms with Crippen LogP contribution in [0.25, 0.3) is 0 Å². The lowest BCUT2D eigenvalue weighted by Gasteiger charge is -2.28. The maximum absolute atomic E-state index is 13.4. The van der Waals surface area contributed by atoms with Gasteiger partial charge in [-0.2, -0.15) is 0 Å². The molecule has 0 aliphatic carbocycles. The number of halogens is 1. The molecule has 6 nitrogen and oxygen atoms in total. The van der Waals surface area contributed by atoms with E-state index in [1.807, 2.05) is 36.4 Å². The minimum atomic E-state index is -1.12. The minimum Gasteiger partial charge on any atom is -0.507 e. The Labute approximate surface area is 182 Å². The van der Waals surface area contributed by atoms with Gasteiger partial charge in [-0.3, -0.25) is 9.78 Å². The van der Waals surface area contributed by atoms with E-state index in [4.69, 9.17) is 4.74 Å². The molecule has 0 radical (unpaired) electrons. The van der Waals surface area contributed by atoms with E-state index in [0.29, 0.717) is 11.3 Å². The average Bonchev–Trinajstić information content (AvgIpc) is 3.01. The molecule has 1 aromatic heterocycles. The van der Waals surface area contributed by atoms with E-state index < -0.39 is 11.4 Å². The van der Waals surface area contributed by atoms with Crippen LogP contribution in [0.5, 0.6) is 5.75 Å². The van der Waals surface area contributed by atoms with Crippen LogP contribution < -0.4 is 5.32 Å². The summed E-state index contributed by atoms with van der Waals surface area (Å²) in [5.74, 6) is -1.06. The molecule has 0 saturated carbocycles. The van der Waals surface area contributed by atoms with Gasteiger partial charge in [0.25, 0.3) is 0 Å². The Bertz CT molecular complexity index is 1130. The number of amides is 1. The van der Waals surface area contributed by atoms with E-state index in [0.717, 1.165) is 15.7 Å². The van der Waals surface area contributed by atoms with Crippen molar-refractivity contribution in [3.63, 3.8) is 0 Å². The Morgan fingerprint density at radius 1 is 1.20 bits per heavy atom. The average molecular weight is 467 g/mol. The number of phenolic OH excluding ortho intramolecular Hbond substituents is 1. The first-order chi connectivity index (χ1) is 14.5. The predicted molar refractivity (Wildman–Crippen MR) is 116 cm³/mol. The van der Waals surface area contributed by atoms with Crippen LogP contribution in [0.4, 0.5) is 5.69 Å². The minimum absolute atomic E-state index is 0.0194. The summed E-state index contributed by atoms with van der Waals surface area (Å²) in [5.41, 5.74) is 1.67. The number of aromatic hydroxyl groups is 1. The molecule has 3 aromatic rings. The van der Waals surface area contributed by atoms with Crippen molar-refractivity contribution in [3.05, 3.63) is 87.7 Å². The van der Waals surface area contributed by atoms with Crippen LogP contribution in [0.3, 0.4) is 0 Å². The molecular weight excluding hydrogens is 448 g/mol. The number of ether oxygens (including phenoxy) is 1. The Morgan fingerprint density at radius 2 is 2.03 bits per heavy atom. The number of aromatic nitrogens is 1. The van der Waals surface area contributed by atoms with Crippen LogP contribution in [0.1, 0.15) is 34.1 Å². The fraction of sp³-hybridized carbons (Fsp3) is 0.174. The number of phenols is 1.